The first-order valence-electron chi connectivity index (χ1n) is 5.46. The largest absolute Gasteiger partial charge is 0.401 e. The van der Waals surface area contributed by atoms with Crippen molar-refractivity contribution in [2.45, 2.75) is 24.3 Å². The molecule has 1 heterocycles. The van der Waals surface area contributed by atoms with Gasteiger partial charge in [-0.05, 0) is 12.8 Å². The molecule has 0 radical (unpaired) electrons. The van der Waals surface area contributed by atoms with Crippen LogP contribution in [0.3, 0.4) is 0 Å². The molecule has 5 nitrogen and oxygen atoms in total. The van der Waals surface area contributed by atoms with Crippen molar-refractivity contribution in [3.63, 3.8) is 0 Å². The summed E-state index contributed by atoms with van der Waals surface area (Å²) in [4.78, 5) is 11.2. The Morgan fingerprint density at radius 2 is 2.00 bits per heavy atom. The summed E-state index contributed by atoms with van der Waals surface area (Å²) in [5.74, 6) is -0.527. The maximum atomic E-state index is 11.8. The molecular weight excluding hydrogens is 273 g/mol. The van der Waals surface area contributed by atoms with Crippen LogP contribution in [0.5, 0.6) is 0 Å². The number of carbonyl (C=O) groups excluding carboxylic acids is 1. The summed E-state index contributed by atoms with van der Waals surface area (Å²) in [6, 6.07) is 0. The minimum Gasteiger partial charge on any atom is -0.354 e. The van der Waals surface area contributed by atoms with Crippen LogP contribution >= 0.6 is 0 Å². The maximum Gasteiger partial charge on any atom is 0.401 e. The van der Waals surface area contributed by atoms with E-state index in [4.69, 9.17) is 0 Å². The van der Waals surface area contributed by atoms with Gasteiger partial charge in [-0.1, -0.05) is 0 Å². The predicted octanol–water partition coefficient (Wildman–Crippen LogP) is -0.168. The lowest BCUT2D eigenvalue weighted by atomic mass is 10.2. The number of alkyl halides is 3. The fourth-order valence-electron chi connectivity index (χ4n) is 1.70. The number of hydrogen-bond acceptors (Lipinski definition) is 4. The number of hydrogen-bond donors (Lipinski definition) is 2. The molecule has 0 aromatic heterocycles. The molecule has 0 aliphatic carbocycles. The molecule has 1 amide bonds. The van der Waals surface area contributed by atoms with Crippen molar-refractivity contribution >= 4 is 15.7 Å². The first-order chi connectivity index (χ1) is 8.21. The summed E-state index contributed by atoms with van der Waals surface area (Å²) in [7, 11) is -3.14. The van der Waals surface area contributed by atoms with Crippen LogP contribution in [-0.2, 0) is 14.6 Å². The van der Waals surface area contributed by atoms with Gasteiger partial charge in [0.05, 0.1) is 24.1 Å². The number of rotatable bonds is 5. The molecule has 0 saturated carbocycles. The van der Waals surface area contributed by atoms with Crippen molar-refractivity contribution < 1.29 is 26.4 Å². The van der Waals surface area contributed by atoms with Gasteiger partial charge in [0, 0.05) is 6.54 Å². The Hall–Kier alpha value is -0.830. The predicted molar refractivity (Wildman–Crippen MR) is 58.7 cm³/mol. The lowest BCUT2D eigenvalue weighted by Gasteiger charge is -2.11. The molecule has 1 aliphatic rings. The number of sulfone groups is 1. The molecule has 18 heavy (non-hydrogen) atoms. The van der Waals surface area contributed by atoms with Crippen molar-refractivity contribution in [1.82, 2.24) is 10.6 Å². The molecule has 0 aromatic rings. The van der Waals surface area contributed by atoms with Crippen molar-refractivity contribution in [2.24, 2.45) is 0 Å². The number of nitrogens with one attached hydrogen (secondary N) is 2. The molecule has 1 aliphatic heterocycles. The summed E-state index contributed by atoms with van der Waals surface area (Å²) in [5, 5.41) is 3.65. The van der Waals surface area contributed by atoms with E-state index in [0.717, 1.165) is 0 Å². The number of halogens is 3. The van der Waals surface area contributed by atoms with Crippen LogP contribution in [0.15, 0.2) is 0 Å². The highest BCUT2D eigenvalue weighted by Gasteiger charge is 2.31. The van der Waals surface area contributed by atoms with Crippen LogP contribution in [0.4, 0.5) is 13.2 Å². The zero-order valence-electron chi connectivity index (χ0n) is 9.59. The minimum absolute atomic E-state index is 0.0329. The van der Waals surface area contributed by atoms with E-state index in [-0.39, 0.29) is 12.3 Å². The Morgan fingerprint density at radius 3 is 2.50 bits per heavy atom. The average molecular weight is 288 g/mol. The van der Waals surface area contributed by atoms with Gasteiger partial charge in [-0.2, -0.15) is 13.2 Å². The molecule has 0 spiro atoms. The zero-order valence-corrected chi connectivity index (χ0v) is 10.4. The van der Waals surface area contributed by atoms with Crippen LogP contribution in [0.25, 0.3) is 0 Å². The SMILES string of the molecule is O=C(CNCC(F)(F)F)NCC1CCCS1(=O)=O. The van der Waals surface area contributed by atoms with Crippen LogP contribution in [0.1, 0.15) is 12.8 Å². The van der Waals surface area contributed by atoms with Crippen LogP contribution < -0.4 is 10.6 Å². The smallest absolute Gasteiger partial charge is 0.354 e. The summed E-state index contributed by atoms with van der Waals surface area (Å²) in [6.45, 7) is -1.76. The van der Waals surface area contributed by atoms with Gasteiger partial charge in [0.2, 0.25) is 5.91 Å². The first-order valence-corrected chi connectivity index (χ1v) is 7.18. The molecule has 1 fully saturated rings. The Kier molecular flexibility index (Phi) is 4.97. The fourth-order valence-corrected chi connectivity index (χ4v) is 3.46. The second kappa shape index (κ2) is 5.87. The van der Waals surface area contributed by atoms with E-state index >= 15 is 0 Å². The fraction of sp³-hybridized carbons (Fsp3) is 0.889. The molecule has 9 heteroatoms. The Bertz CT molecular complexity index is 394. The lowest BCUT2D eigenvalue weighted by molar-refractivity contribution is -0.128. The van der Waals surface area contributed by atoms with Crippen LogP contribution in [0, 0.1) is 0 Å². The monoisotopic (exact) mass is 288 g/mol. The third-order valence-electron chi connectivity index (χ3n) is 2.60. The number of amides is 1. The molecule has 1 rings (SSSR count). The zero-order chi connectivity index (χ0) is 13.8. The van der Waals surface area contributed by atoms with E-state index in [1.54, 1.807) is 0 Å². The van der Waals surface area contributed by atoms with Gasteiger partial charge in [0.1, 0.15) is 0 Å². The normalized spacial score (nSPS) is 22.9. The third-order valence-corrected chi connectivity index (χ3v) is 4.88. The molecule has 2 N–H and O–H groups in total. The Morgan fingerprint density at radius 1 is 1.33 bits per heavy atom. The molecule has 106 valence electrons. The molecule has 0 bridgehead atoms. The molecule has 1 saturated heterocycles. The Labute approximate surface area is 103 Å². The van der Waals surface area contributed by atoms with Crippen molar-refractivity contribution in [2.75, 3.05) is 25.4 Å². The standard InChI is InChI=1S/C9H15F3N2O3S/c10-9(11,12)6-13-5-8(15)14-4-7-2-1-3-18(7,16)17/h7,13H,1-6H2,(H,14,15). The average Bonchev–Trinajstić information content (AvgIpc) is 2.52. The van der Waals surface area contributed by atoms with Gasteiger partial charge in [-0.15, -0.1) is 0 Å². The van der Waals surface area contributed by atoms with Gasteiger partial charge in [0.15, 0.2) is 9.84 Å². The lowest BCUT2D eigenvalue weighted by Crippen LogP contribution is -2.41. The van der Waals surface area contributed by atoms with E-state index in [9.17, 15) is 26.4 Å². The van der Waals surface area contributed by atoms with E-state index < -0.39 is 40.3 Å². The van der Waals surface area contributed by atoms with Gasteiger partial charge < -0.3 is 10.6 Å². The second-order valence-electron chi connectivity index (χ2n) is 4.15. The van der Waals surface area contributed by atoms with Crippen LogP contribution in [-0.4, -0.2) is 51.1 Å². The summed E-state index contributed by atoms with van der Waals surface area (Å²) >= 11 is 0. The molecule has 0 aromatic carbocycles. The van der Waals surface area contributed by atoms with Gasteiger partial charge in [-0.25, -0.2) is 8.42 Å². The highest BCUT2D eigenvalue weighted by molar-refractivity contribution is 7.92. The topological polar surface area (TPSA) is 75.3 Å². The van der Waals surface area contributed by atoms with Gasteiger partial charge >= 0.3 is 6.18 Å². The highest BCUT2D eigenvalue weighted by atomic mass is 32.2. The van der Waals surface area contributed by atoms with Crippen molar-refractivity contribution in [3.05, 3.63) is 0 Å². The molecular formula is C9H15F3N2O3S. The highest BCUT2D eigenvalue weighted by Crippen LogP contribution is 2.18. The van der Waals surface area contributed by atoms with E-state index in [0.29, 0.717) is 12.8 Å². The summed E-state index contributed by atoms with van der Waals surface area (Å²) in [5.41, 5.74) is 0. The molecule has 1 atom stereocenters. The van der Waals surface area contributed by atoms with E-state index in [1.165, 1.54) is 0 Å². The van der Waals surface area contributed by atoms with Crippen LogP contribution in [0.2, 0.25) is 0 Å². The third kappa shape index (κ3) is 5.21. The summed E-state index contributed by atoms with van der Waals surface area (Å²) in [6.07, 6.45) is -3.32. The summed E-state index contributed by atoms with van der Waals surface area (Å²) < 4.78 is 58.1. The minimum atomic E-state index is -4.37. The molecule has 1 unspecified atom stereocenters. The quantitative estimate of drug-likeness (QED) is 0.736. The van der Waals surface area contributed by atoms with Gasteiger partial charge in [0.25, 0.3) is 0 Å². The van der Waals surface area contributed by atoms with Gasteiger partial charge in [-0.3, -0.25) is 4.79 Å². The van der Waals surface area contributed by atoms with Crippen molar-refractivity contribution in [1.29, 1.82) is 0 Å². The van der Waals surface area contributed by atoms with E-state index in [1.807, 2.05) is 5.32 Å². The second-order valence-corrected chi connectivity index (χ2v) is 6.55. The maximum absolute atomic E-state index is 11.8. The Balaban J connectivity index is 2.22. The van der Waals surface area contributed by atoms with E-state index in [2.05, 4.69) is 5.32 Å². The van der Waals surface area contributed by atoms with Crippen molar-refractivity contribution in [3.8, 4) is 0 Å². The first kappa shape index (κ1) is 15.2. The number of carbonyl (C=O) groups is 1.